The Balaban J connectivity index is 1.63. The van der Waals surface area contributed by atoms with Crippen molar-refractivity contribution < 1.29 is 4.79 Å². The van der Waals surface area contributed by atoms with Gasteiger partial charge >= 0.3 is 0 Å². The van der Waals surface area contributed by atoms with Gasteiger partial charge in [-0.15, -0.1) is 0 Å². The van der Waals surface area contributed by atoms with Gasteiger partial charge in [0.2, 0.25) is 5.91 Å². The number of benzene rings is 1. The quantitative estimate of drug-likeness (QED) is 0.799. The van der Waals surface area contributed by atoms with Gasteiger partial charge in [-0.05, 0) is 18.9 Å². The number of carbonyl (C=O) groups excluding carboxylic acids is 1. The number of hydrogen-bond donors (Lipinski definition) is 1. The molecule has 5 nitrogen and oxygen atoms in total. The van der Waals surface area contributed by atoms with E-state index < -0.39 is 0 Å². The molecule has 0 fully saturated rings. The fraction of sp³-hybridized carbons (Fsp3) is 0.188. The van der Waals surface area contributed by atoms with Crippen molar-refractivity contribution in [2.75, 3.05) is 5.32 Å². The van der Waals surface area contributed by atoms with Crippen LogP contribution >= 0.6 is 0 Å². The van der Waals surface area contributed by atoms with Crippen molar-refractivity contribution in [3.63, 3.8) is 0 Å². The van der Waals surface area contributed by atoms with Crippen molar-refractivity contribution >= 4 is 17.2 Å². The second-order valence-electron chi connectivity index (χ2n) is 4.96. The maximum Gasteiger partial charge on any atom is 0.224 e. The van der Waals surface area contributed by atoms with Crippen LogP contribution in [0.4, 0.5) is 5.69 Å². The minimum atomic E-state index is -0.0242. The maximum absolute atomic E-state index is 12.0. The summed E-state index contributed by atoms with van der Waals surface area (Å²) in [5.41, 5.74) is 3.48. The molecule has 0 unspecified atom stereocenters. The third kappa shape index (κ3) is 3.25. The number of carbonyl (C=O) groups is 1. The van der Waals surface area contributed by atoms with Gasteiger partial charge in [-0.3, -0.25) is 4.79 Å². The predicted octanol–water partition coefficient (Wildman–Crippen LogP) is 2.61. The summed E-state index contributed by atoms with van der Waals surface area (Å²) < 4.78 is 1.67. The number of anilines is 1. The SMILES string of the molecule is Cc1cc2ncc(NC(=O)CCc3ccccc3)cn2n1. The van der Waals surface area contributed by atoms with Crippen LogP contribution in [0.1, 0.15) is 17.7 Å². The van der Waals surface area contributed by atoms with Gasteiger partial charge in [0.1, 0.15) is 0 Å². The molecule has 3 rings (SSSR count). The summed E-state index contributed by atoms with van der Waals surface area (Å²) in [6, 6.07) is 11.9. The Morgan fingerprint density at radius 2 is 2.10 bits per heavy atom. The van der Waals surface area contributed by atoms with Gasteiger partial charge in [0.25, 0.3) is 0 Å². The van der Waals surface area contributed by atoms with Crippen LogP contribution in [0.5, 0.6) is 0 Å². The first-order chi connectivity index (χ1) is 10.2. The second-order valence-corrected chi connectivity index (χ2v) is 4.96. The van der Waals surface area contributed by atoms with Crippen LogP contribution in [0.15, 0.2) is 48.8 Å². The lowest BCUT2D eigenvalue weighted by atomic mass is 10.1. The molecule has 2 heterocycles. The van der Waals surface area contributed by atoms with E-state index in [1.165, 1.54) is 0 Å². The molecular weight excluding hydrogens is 264 g/mol. The van der Waals surface area contributed by atoms with Crippen molar-refractivity contribution in [3.8, 4) is 0 Å². The molecule has 21 heavy (non-hydrogen) atoms. The van der Waals surface area contributed by atoms with E-state index in [1.54, 1.807) is 16.9 Å². The molecule has 0 radical (unpaired) electrons. The number of nitrogens with zero attached hydrogens (tertiary/aromatic N) is 3. The molecule has 2 aromatic heterocycles. The number of nitrogens with one attached hydrogen (secondary N) is 1. The number of aryl methyl sites for hydroxylation is 2. The zero-order valence-electron chi connectivity index (χ0n) is 11.8. The lowest BCUT2D eigenvalue weighted by molar-refractivity contribution is -0.116. The summed E-state index contributed by atoms with van der Waals surface area (Å²) in [5, 5.41) is 7.13. The first kappa shape index (κ1) is 13.3. The Labute approximate surface area is 122 Å². The van der Waals surface area contributed by atoms with Gasteiger partial charge in [0, 0.05) is 12.5 Å². The summed E-state index contributed by atoms with van der Waals surface area (Å²) in [7, 11) is 0. The topological polar surface area (TPSA) is 59.3 Å². The van der Waals surface area contributed by atoms with Gasteiger partial charge in [-0.2, -0.15) is 5.10 Å². The molecule has 1 aromatic carbocycles. The highest BCUT2D eigenvalue weighted by Gasteiger charge is 2.05. The van der Waals surface area contributed by atoms with Gasteiger partial charge in [0.15, 0.2) is 5.65 Å². The first-order valence-corrected chi connectivity index (χ1v) is 6.86. The lowest BCUT2D eigenvalue weighted by Crippen LogP contribution is -2.13. The minimum Gasteiger partial charge on any atom is -0.323 e. The normalized spacial score (nSPS) is 10.7. The largest absolute Gasteiger partial charge is 0.323 e. The second kappa shape index (κ2) is 5.75. The Morgan fingerprint density at radius 1 is 1.29 bits per heavy atom. The lowest BCUT2D eigenvalue weighted by Gasteiger charge is -2.05. The minimum absolute atomic E-state index is 0.0242. The molecule has 0 saturated carbocycles. The molecule has 0 bridgehead atoms. The van der Waals surface area contributed by atoms with Crippen LogP contribution in [0.3, 0.4) is 0 Å². The monoisotopic (exact) mass is 280 g/mol. The smallest absolute Gasteiger partial charge is 0.224 e. The predicted molar refractivity (Wildman–Crippen MR) is 81.1 cm³/mol. The summed E-state index contributed by atoms with van der Waals surface area (Å²) >= 11 is 0. The van der Waals surface area contributed by atoms with Crippen molar-refractivity contribution in [1.82, 2.24) is 14.6 Å². The summed E-state index contributed by atoms with van der Waals surface area (Å²) in [6.45, 7) is 1.91. The number of amides is 1. The van der Waals surface area contributed by atoms with E-state index in [0.717, 1.165) is 23.3 Å². The highest BCUT2D eigenvalue weighted by atomic mass is 16.1. The van der Waals surface area contributed by atoms with Gasteiger partial charge in [0.05, 0.1) is 23.8 Å². The van der Waals surface area contributed by atoms with Gasteiger partial charge < -0.3 is 5.32 Å². The average Bonchev–Trinajstić information content (AvgIpc) is 2.85. The number of fused-ring (bicyclic) bond motifs is 1. The standard InChI is InChI=1S/C16H16N4O/c1-12-9-15-17-10-14(11-20(15)19-12)18-16(21)8-7-13-5-3-2-4-6-13/h2-6,9-11H,7-8H2,1H3,(H,18,21). The molecule has 106 valence electrons. The third-order valence-corrected chi connectivity index (χ3v) is 3.20. The van der Waals surface area contributed by atoms with E-state index in [0.29, 0.717) is 12.1 Å². The van der Waals surface area contributed by atoms with Crippen LogP contribution < -0.4 is 5.32 Å². The molecule has 0 spiro atoms. The summed E-state index contributed by atoms with van der Waals surface area (Å²) in [5.74, 6) is -0.0242. The zero-order chi connectivity index (χ0) is 14.7. The van der Waals surface area contributed by atoms with Gasteiger partial charge in [-0.25, -0.2) is 9.50 Å². The molecule has 0 aliphatic rings. The van der Waals surface area contributed by atoms with Crippen molar-refractivity contribution in [2.24, 2.45) is 0 Å². The van der Waals surface area contributed by atoms with Crippen LogP contribution in [0.2, 0.25) is 0 Å². The van der Waals surface area contributed by atoms with E-state index in [-0.39, 0.29) is 5.91 Å². The van der Waals surface area contributed by atoms with E-state index in [2.05, 4.69) is 15.4 Å². The van der Waals surface area contributed by atoms with E-state index in [1.807, 2.05) is 43.3 Å². The Kier molecular flexibility index (Phi) is 3.64. The fourth-order valence-corrected chi connectivity index (χ4v) is 2.19. The highest BCUT2D eigenvalue weighted by molar-refractivity contribution is 5.90. The van der Waals surface area contributed by atoms with E-state index in [9.17, 15) is 4.79 Å². The Bertz CT molecular complexity index is 764. The van der Waals surface area contributed by atoms with Crippen molar-refractivity contribution in [3.05, 3.63) is 60.0 Å². The zero-order valence-corrected chi connectivity index (χ0v) is 11.8. The molecule has 3 aromatic rings. The van der Waals surface area contributed by atoms with Crippen LogP contribution in [-0.2, 0) is 11.2 Å². The molecule has 0 aliphatic heterocycles. The Hall–Kier alpha value is -2.69. The van der Waals surface area contributed by atoms with Crippen LogP contribution in [-0.4, -0.2) is 20.5 Å². The number of aromatic nitrogens is 3. The molecular formula is C16H16N4O. The summed E-state index contributed by atoms with van der Waals surface area (Å²) in [6.07, 6.45) is 4.59. The molecule has 5 heteroatoms. The molecule has 0 atom stereocenters. The van der Waals surface area contributed by atoms with Gasteiger partial charge in [-0.1, -0.05) is 30.3 Å². The third-order valence-electron chi connectivity index (χ3n) is 3.20. The van der Waals surface area contributed by atoms with E-state index in [4.69, 9.17) is 0 Å². The maximum atomic E-state index is 12.0. The molecule has 1 N–H and O–H groups in total. The Morgan fingerprint density at radius 3 is 2.90 bits per heavy atom. The highest BCUT2D eigenvalue weighted by Crippen LogP contribution is 2.10. The van der Waals surface area contributed by atoms with E-state index >= 15 is 0 Å². The van der Waals surface area contributed by atoms with Crippen LogP contribution in [0.25, 0.3) is 5.65 Å². The number of rotatable bonds is 4. The molecule has 0 saturated heterocycles. The fourth-order valence-electron chi connectivity index (χ4n) is 2.19. The van der Waals surface area contributed by atoms with Crippen molar-refractivity contribution in [1.29, 1.82) is 0 Å². The summed E-state index contributed by atoms with van der Waals surface area (Å²) in [4.78, 5) is 16.2. The average molecular weight is 280 g/mol. The number of hydrogen-bond acceptors (Lipinski definition) is 3. The van der Waals surface area contributed by atoms with Crippen molar-refractivity contribution in [2.45, 2.75) is 19.8 Å². The first-order valence-electron chi connectivity index (χ1n) is 6.86. The van der Waals surface area contributed by atoms with Crippen LogP contribution in [0, 0.1) is 6.92 Å². The molecule has 1 amide bonds. The molecule has 0 aliphatic carbocycles.